The zero-order chi connectivity index (χ0) is 19.2. The molecule has 3 aliphatic rings. The van der Waals surface area contributed by atoms with E-state index in [2.05, 4.69) is 35.7 Å². The summed E-state index contributed by atoms with van der Waals surface area (Å²) < 4.78 is 17.5. The highest BCUT2D eigenvalue weighted by atomic mass is 32.2. The van der Waals surface area contributed by atoms with Crippen LogP contribution in [-0.4, -0.2) is 38.7 Å². The summed E-state index contributed by atoms with van der Waals surface area (Å²) in [7, 11) is 1.72. The summed E-state index contributed by atoms with van der Waals surface area (Å²) in [6, 6.07) is 6.46. The Hall–Kier alpha value is -1.85. The van der Waals surface area contributed by atoms with Gasteiger partial charge in [-0.3, -0.25) is 0 Å². The average Bonchev–Trinajstić information content (AvgIpc) is 2.75. The van der Waals surface area contributed by atoms with E-state index in [9.17, 15) is 0 Å². The van der Waals surface area contributed by atoms with E-state index in [1.54, 1.807) is 7.11 Å². The summed E-state index contributed by atoms with van der Waals surface area (Å²) >= 11 is 1.94. The number of benzene rings is 1. The van der Waals surface area contributed by atoms with Crippen LogP contribution in [0.25, 0.3) is 0 Å². The third-order valence-electron chi connectivity index (χ3n) is 5.37. The molecule has 0 fully saturated rings. The number of rotatable bonds is 8. The summed E-state index contributed by atoms with van der Waals surface area (Å²) in [4.78, 5) is 1.36. The second kappa shape index (κ2) is 9.57. The molecular weight excluding hydrogens is 370 g/mol. The molecule has 1 aromatic rings. The van der Waals surface area contributed by atoms with Gasteiger partial charge in [-0.2, -0.15) is 0 Å². The van der Waals surface area contributed by atoms with Gasteiger partial charge in [-0.25, -0.2) is 0 Å². The zero-order valence-corrected chi connectivity index (χ0v) is 17.3. The maximum Gasteiger partial charge on any atom is 0.133 e. The number of allylic oxidation sites excluding steroid dienone is 2. The number of nitrogens with one attached hydrogen (secondary N) is 1. The largest absolute Gasteiger partial charge is 0.500 e. The van der Waals surface area contributed by atoms with Crippen molar-refractivity contribution in [3.63, 3.8) is 0 Å². The fraction of sp³-hybridized carbons (Fsp3) is 0.478. The number of methoxy groups -OCH3 is 1. The Morgan fingerprint density at radius 1 is 1.29 bits per heavy atom. The van der Waals surface area contributed by atoms with Gasteiger partial charge in [0, 0.05) is 12.2 Å². The van der Waals surface area contributed by atoms with Crippen molar-refractivity contribution in [3.05, 3.63) is 59.5 Å². The molecule has 1 aliphatic carbocycles. The minimum Gasteiger partial charge on any atom is -0.500 e. The predicted molar refractivity (Wildman–Crippen MR) is 114 cm³/mol. The van der Waals surface area contributed by atoms with Crippen LogP contribution in [0.5, 0.6) is 5.75 Å². The molecule has 0 spiro atoms. The van der Waals surface area contributed by atoms with E-state index < -0.39 is 0 Å². The summed E-state index contributed by atoms with van der Waals surface area (Å²) in [6.07, 6.45) is 13.0. The zero-order valence-electron chi connectivity index (χ0n) is 16.5. The van der Waals surface area contributed by atoms with E-state index in [0.717, 1.165) is 43.2 Å². The monoisotopic (exact) mass is 399 g/mol. The third kappa shape index (κ3) is 4.58. The average molecular weight is 400 g/mol. The molecule has 0 saturated carbocycles. The van der Waals surface area contributed by atoms with E-state index in [-0.39, 0.29) is 12.0 Å². The maximum atomic E-state index is 6.08. The number of thioether (sulfide) groups is 1. The Balaban J connectivity index is 1.19. The number of aryl methyl sites for hydroxylation is 1. The molecular formula is C23H29NO3S. The van der Waals surface area contributed by atoms with Crippen LogP contribution in [-0.2, 0) is 15.9 Å². The molecule has 5 heteroatoms. The Labute approximate surface area is 172 Å². The number of hydrogen-bond acceptors (Lipinski definition) is 5. The smallest absolute Gasteiger partial charge is 0.133 e. The molecule has 2 atom stereocenters. The Morgan fingerprint density at radius 2 is 2.25 bits per heavy atom. The minimum absolute atomic E-state index is 0.0913. The van der Waals surface area contributed by atoms with E-state index in [1.165, 1.54) is 29.1 Å². The molecule has 2 aliphatic heterocycles. The highest BCUT2D eigenvalue weighted by Crippen LogP contribution is 2.37. The number of unbranched alkanes of at least 4 members (excludes halogenated alkanes) is 1. The van der Waals surface area contributed by atoms with E-state index in [4.69, 9.17) is 14.2 Å². The molecule has 4 rings (SSSR count). The van der Waals surface area contributed by atoms with Crippen LogP contribution in [0.1, 0.15) is 24.8 Å². The first-order valence-electron chi connectivity index (χ1n) is 10.2. The SMILES string of the molecule is COC1=CC=CC2OCC(NCCCCOc3cccc4c3SCCC4)=CC12. The van der Waals surface area contributed by atoms with Crippen LogP contribution in [0, 0.1) is 5.92 Å². The molecule has 2 unspecified atom stereocenters. The van der Waals surface area contributed by atoms with Crippen LogP contribution in [0.15, 0.2) is 58.9 Å². The first-order chi connectivity index (χ1) is 13.8. The van der Waals surface area contributed by atoms with Crippen LogP contribution in [0.4, 0.5) is 0 Å². The van der Waals surface area contributed by atoms with Crippen molar-refractivity contribution in [2.45, 2.75) is 36.7 Å². The molecule has 0 aromatic heterocycles. The lowest BCUT2D eigenvalue weighted by atomic mass is 9.92. The molecule has 150 valence electrons. The lowest BCUT2D eigenvalue weighted by molar-refractivity contribution is 0.0492. The number of hydrogen-bond donors (Lipinski definition) is 1. The maximum absolute atomic E-state index is 6.08. The van der Waals surface area contributed by atoms with Crippen molar-refractivity contribution in [2.75, 3.05) is 32.6 Å². The third-order valence-corrected chi connectivity index (χ3v) is 6.61. The predicted octanol–water partition coefficient (Wildman–Crippen LogP) is 4.47. The van der Waals surface area contributed by atoms with Gasteiger partial charge in [0.05, 0.1) is 37.2 Å². The fourth-order valence-electron chi connectivity index (χ4n) is 3.88. The van der Waals surface area contributed by atoms with Crippen LogP contribution in [0.3, 0.4) is 0 Å². The molecule has 0 amide bonds. The quantitative estimate of drug-likeness (QED) is 0.653. The van der Waals surface area contributed by atoms with Crippen molar-refractivity contribution in [1.82, 2.24) is 5.32 Å². The Bertz CT molecular complexity index is 771. The Kier molecular flexibility index (Phi) is 6.65. The normalized spacial score (nSPS) is 23.2. The van der Waals surface area contributed by atoms with Gasteiger partial charge in [-0.15, -0.1) is 11.8 Å². The molecule has 0 bridgehead atoms. The molecule has 0 radical (unpaired) electrons. The van der Waals surface area contributed by atoms with Crippen molar-refractivity contribution in [1.29, 1.82) is 0 Å². The second-order valence-corrected chi connectivity index (χ2v) is 8.44. The van der Waals surface area contributed by atoms with Crippen LogP contribution in [0.2, 0.25) is 0 Å². The molecule has 1 aromatic carbocycles. The van der Waals surface area contributed by atoms with Gasteiger partial charge in [0.2, 0.25) is 0 Å². The van der Waals surface area contributed by atoms with Crippen molar-refractivity contribution in [2.24, 2.45) is 5.92 Å². The van der Waals surface area contributed by atoms with Crippen molar-refractivity contribution in [3.8, 4) is 5.75 Å². The van der Waals surface area contributed by atoms with E-state index in [0.29, 0.717) is 6.61 Å². The van der Waals surface area contributed by atoms with Crippen LogP contribution >= 0.6 is 11.8 Å². The van der Waals surface area contributed by atoms with Gasteiger partial charge in [0.1, 0.15) is 11.5 Å². The van der Waals surface area contributed by atoms with Gasteiger partial charge in [0.15, 0.2) is 0 Å². The van der Waals surface area contributed by atoms with Gasteiger partial charge < -0.3 is 19.5 Å². The first-order valence-corrected chi connectivity index (χ1v) is 11.2. The van der Waals surface area contributed by atoms with Crippen molar-refractivity contribution < 1.29 is 14.2 Å². The van der Waals surface area contributed by atoms with Gasteiger partial charge >= 0.3 is 0 Å². The Morgan fingerprint density at radius 3 is 3.18 bits per heavy atom. The molecule has 2 heterocycles. The highest BCUT2D eigenvalue weighted by Gasteiger charge is 2.29. The summed E-state index contributed by atoms with van der Waals surface area (Å²) in [5, 5.41) is 3.52. The standard InChI is InChI=1S/C23H29NO3S/c1-25-20-9-5-10-21-19(20)15-18(16-27-21)24-12-2-3-13-26-22-11-4-7-17-8-6-14-28-23(17)22/h4-5,7,9-11,15,19,21,24H,2-3,6,8,12-14,16H2,1H3. The molecule has 0 saturated heterocycles. The number of ether oxygens (including phenoxy) is 3. The summed E-state index contributed by atoms with van der Waals surface area (Å²) in [5.74, 6) is 3.40. The summed E-state index contributed by atoms with van der Waals surface area (Å²) in [6.45, 7) is 2.33. The molecule has 4 nitrogen and oxygen atoms in total. The van der Waals surface area contributed by atoms with E-state index in [1.807, 2.05) is 23.9 Å². The topological polar surface area (TPSA) is 39.7 Å². The lowest BCUT2D eigenvalue weighted by Gasteiger charge is -2.31. The minimum atomic E-state index is 0.0913. The fourth-order valence-corrected chi connectivity index (χ4v) is 5.00. The number of fused-ring (bicyclic) bond motifs is 2. The van der Waals surface area contributed by atoms with Gasteiger partial charge in [0.25, 0.3) is 0 Å². The van der Waals surface area contributed by atoms with Crippen molar-refractivity contribution >= 4 is 11.8 Å². The lowest BCUT2D eigenvalue weighted by Crippen LogP contribution is -2.34. The van der Waals surface area contributed by atoms with Crippen LogP contribution < -0.4 is 10.1 Å². The van der Waals surface area contributed by atoms with Gasteiger partial charge in [-0.05, 0) is 55.2 Å². The highest BCUT2D eigenvalue weighted by molar-refractivity contribution is 7.99. The molecule has 28 heavy (non-hydrogen) atoms. The van der Waals surface area contributed by atoms with Gasteiger partial charge in [-0.1, -0.05) is 24.3 Å². The molecule has 1 N–H and O–H groups in total. The second-order valence-electron chi connectivity index (χ2n) is 7.33. The van der Waals surface area contributed by atoms with E-state index >= 15 is 0 Å². The first kappa shape index (κ1) is 19.5. The summed E-state index contributed by atoms with van der Waals surface area (Å²) in [5.41, 5.74) is 2.59.